The van der Waals surface area contributed by atoms with Crippen molar-refractivity contribution in [3.05, 3.63) is 66.0 Å². The molecule has 0 bridgehead atoms. The molecule has 2 heterocycles. The molecule has 0 spiro atoms. The van der Waals surface area contributed by atoms with E-state index in [4.69, 9.17) is 0 Å². The standard InChI is InChI=1S/C23H26N4O2/c1-17(20-9-5-6-15-24-20)27(19-10-11-19)23(29)13-12-22(28)26-16-14-21(25-26)18-7-3-2-4-8-18/h2-9,15,17,19H,10-14,16H2,1H3. The number of amides is 2. The Labute approximate surface area is 171 Å². The zero-order chi connectivity index (χ0) is 20.2. The molecule has 6 heteroatoms. The lowest BCUT2D eigenvalue weighted by Crippen LogP contribution is -2.36. The normalized spacial score (nSPS) is 17.0. The first-order valence-electron chi connectivity index (χ1n) is 10.3. The zero-order valence-electron chi connectivity index (χ0n) is 16.7. The number of nitrogens with zero attached hydrogens (tertiary/aromatic N) is 4. The molecule has 1 aliphatic heterocycles. The Bertz CT molecular complexity index is 894. The summed E-state index contributed by atoms with van der Waals surface area (Å²) in [7, 11) is 0. The van der Waals surface area contributed by atoms with Crippen LogP contribution in [0.1, 0.15) is 56.3 Å². The lowest BCUT2D eigenvalue weighted by Gasteiger charge is -2.29. The van der Waals surface area contributed by atoms with Gasteiger partial charge in [0.25, 0.3) is 0 Å². The molecule has 0 radical (unpaired) electrons. The molecule has 4 rings (SSSR count). The first-order valence-corrected chi connectivity index (χ1v) is 10.3. The highest BCUT2D eigenvalue weighted by Crippen LogP contribution is 2.34. The molecule has 1 aromatic heterocycles. The van der Waals surface area contributed by atoms with Gasteiger partial charge in [0.05, 0.1) is 24.0 Å². The molecule has 0 saturated heterocycles. The van der Waals surface area contributed by atoms with E-state index in [1.165, 1.54) is 5.01 Å². The summed E-state index contributed by atoms with van der Waals surface area (Å²) >= 11 is 0. The molecule has 1 saturated carbocycles. The van der Waals surface area contributed by atoms with Gasteiger partial charge in [-0.3, -0.25) is 14.6 Å². The molecule has 2 aliphatic rings. The minimum absolute atomic E-state index is 0.0189. The van der Waals surface area contributed by atoms with Gasteiger partial charge in [-0.2, -0.15) is 5.10 Å². The van der Waals surface area contributed by atoms with Crippen LogP contribution in [-0.4, -0.2) is 45.0 Å². The fourth-order valence-corrected chi connectivity index (χ4v) is 3.80. The van der Waals surface area contributed by atoms with Crippen LogP contribution in [0.15, 0.2) is 59.8 Å². The van der Waals surface area contributed by atoms with E-state index in [9.17, 15) is 9.59 Å². The largest absolute Gasteiger partial charge is 0.331 e. The van der Waals surface area contributed by atoms with Gasteiger partial charge in [-0.15, -0.1) is 0 Å². The molecule has 1 fully saturated rings. The van der Waals surface area contributed by atoms with Crippen molar-refractivity contribution in [3.8, 4) is 0 Å². The maximum absolute atomic E-state index is 12.9. The minimum Gasteiger partial charge on any atom is -0.331 e. The summed E-state index contributed by atoms with van der Waals surface area (Å²) in [5.74, 6) is -0.0732. The van der Waals surface area contributed by atoms with Gasteiger partial charge < -0.3 is 4.90 Å². The third kappa shape index (κ3) is 4.53. The fraction of sp³-hybridized carbons (Fsp3) is 0.391. The Hall–Kier alpha value is -3.02. The smallest absolute Gasteiger partial charge is 0.243 e. The number of hydrogen-bond donors (Lipinski definition) is 0. The second-order valence-corrected chi connectivity index (χ2v) is 7.64. The van der Waals surface area contributed by atoms with Crippen molar-refractivity contribution in [1.29, 1.82) is 0 Å². The van der Waals surface area contributed by atoms with Gasteiger partial charge in [0.1, 0.15) is 0 Å². The maximum Gasteiger partial charge on any atom is 0.243 e. The third-order valence-electron chi connectivity index (χ3n) is 5.51. The Morgan fingerprint density at radius 1 is 1.10 bits per heavy atom. The summed E-state index contributed by atoms with van der Waals surface area (Å²) < 4.78 is 0. The summed E-state index contributed by atoms with van der Waals surface area (Å²) in [4.78, 5) is 31.9. The molecular formula is C23H26N4O2. The number of rotatable bonds is 7. The summed E-state index contributed by atoms with van der Waals surface area (Å²) in [6, 6.07) is 15.8. The van der Waals surface area contributed by atoms with Crippen LogP contribution in [0.25, 0.3) is 0 Å². The molecule has 0 N–H and O–H groups in total. The quantitative estimate of drug-likeness (QED) is 0.726. The average molecular weight is 390 g/mol. The molecule has 1 atom stereocenters. The van der Waals surface area contributed by atoms with Crippen molar-refractivity contribution in [2.24, 2.45) is 5.10 Å². The van der Waals surface area contributed by atoms with Gasteiger partial charge in [0.2, 0.25) is 11.8 Å². The molecular weight excluding hydrogens is 364 g/mol. The Kier molecular flexibility index (Phi) is 5.69. The van der Waals surface area contributed by atoms with Crippen LogP contribution in [0.2, 0.25) is 0 Å². The summed E-state index contributed by atoms with van der Waals surface area (Å²) in [5, 5.41) is 5.99. The first kappa shape index (κ1) is 19.3. The highest BCUT2D eigenvalue weighted by molar-refractivity contribution is 6.02. The van der Waals surface area contributed by atoms with Gasteiger partial charge in [-0.1, -0.05) is 36.4 Å². The molecule has 150 valence electrons. The number of hydrazone groups is 1. The second kappa shape index (κ2) is 8.55. The van der Waals surface area contributed by atoms with E-state index in [0.29, 0.717) is 6.54 Å². The molecule has 1 unspecified atom stereocenters. The Balaban J connectivity index is 1.36. The van der Waals surface area contributed by atoms with Crippen LogP contribution in [0.4, 0.5) is 0 Å². The van der Waals surface area contributed by atoms with E-state index in [0.717, 1.165) is 36.2 Å². The number of hydrogen-bond acceptors (Lipinski definition) is 4. The minimum atomic E-state index is -0.0921. The number of pyridine rings is 1. The summed E-state index contributed by atoms with van der Waals surface area (Å²) in [5.41, 5.74) is 2.85. The van der Waals surface area contributed by atoms with Crippen LogP contribution in [0.5, 0.6) is 0 Å². The van der Waals surface area contributed by atoms with Crippen molar-refractivity contribution in [3.63, 3.8) is 0 Å². The van der Waals surface area contributed by atoms with Crippen molar-refractivity contribution >= 4 is 17.5 Å². The SMILES string of the molecule is CC(c1ccccn1)N(C(=O)CCC(=O)N1CCC(c2ccccc2)=N1)C1CC1. The predicted molar refractivity (Wildman–Crippen MR) is 111 cm³/mol. The van der Waals surface area contributed by atoms with Crippen LogP contribution >= 0.6 is 0 Å². The zero-order valence-corrected chi connectivity index (χ0v) is 16.7. The molecule has 1 aromatic carbocycles. The average Bonchev–Trinajstić information content (AvgIpc) is 3.47. The van der Waals surface area contributed by atoms with Crippen LogP contribution in [0, 0.1) is 0 Å². The molecule has 2 amide bonds. The van der Waals surface area contributed by atoms with Crippen molar-refractivity contribution in [2.45, 2.75) is 51.1 Å². The topological polar surface area (TPSA) is 65.9 Å². The van der Waals surface area contributed by atoms with Crippen molar-refractivity contribution in [1.82, 2.24) is 14.9 Å². The van der Waals surface area contributed by atoms with E-state index in [-0.39, 0.29) is 36.7 Å². The molecule has 6 nitrogen and oxygen atoms in total. The third-order valence-corrected chi connectivity index (χ3v) is 5.51. The van der Waals surface area contributed by atoms with Crippen LogP contribution < -0.4 is 0 Å². The summed E-state index contributed by atoms with van der Waals surface area (Å²) in [6.07, 6.45) is 4.93. The summed E-state index contributed by atoms with van der Waals surface area (Å²) in [6.45, 7) is 2.59. The van der Waals surface area contributed by atoms with Crippen LogP contribution in [-0.2, 0) is 9.59 Å². The maximum atomic E-state index is 12.9. The lowest BCUT2D eigenvalue weighted by atomic mass is 10.1. The van der Waals surface area contributed by atoms with Crippen LogP contribution in [0.3, 0.4) is 0 Å². The van der Waals surface area contributed by atoms with Gasteiger partial charge >= 0.3 is 0 Å². The number of carbonyl (C=O) groups excluding carboxylic acids is 2. The lowest BCUT2D eigenvalue weighted by molar-refractivity contribution is -0.138. The molecule has 29 heavy (non-hydrogen) atoms. The van der Waals surface area contributed by atoms with Gasteiger partial charge in [-0.25, -0.2) is 5.01 Å². The van der Waals surface area contributed by atoms with E-state index in [1.807, 2.05) is 60.4 Å². The highest BCUT2D eigenvalue weighted by atomic mass is 16.2. The monoisotopic (exact) mass is 390 g/mol. The van der Waals surface area contributed by atoms with Crippen molar-refractivity contribution in [2.75, 3.05) is 6.54 Å². The number of benzene rings is 1. The molecule has 2 aromatic rings. The second-order valence-electron chi connectivity index (χ2n) is 7.64. The first-order chi connectivity index (χ1) is 14.1. The highest BCUT2D eigenvalue weighted by Gasteiger charge is 2.36. The number of carbonyl (C=O) groups is 2. The predicted octanol–water partition coefficient (Wildman–Crippen LogP) is 3.55. The number of aromatic nitrogens is 1. The Morgan fingerprint density at radius 2 is 1.86 bits per heavy atom. The Morgan fingerprint density at radius 3 is 2.55 bits per heavy atom. The van der Waals surface area contributed by atoms with E-state index in [1.54, 1.807) is 6.20 Å². The fourth-order valence-electron chi connectivity index (χ4n) is 3.80. The van der Waals surface area contributed by atoms with Gasteiger partial charge in [0, 0.05) is 31.5 Å². The van der Waals surface area contributed by atoms with Gasteiger partial charge in [0.15, 0.2) is 0 Å². The van der Waals surface area contributed by atoms with E-state index in [2.05, 4.69) is 10.1 Å². The van der Waals surface area contributed by atoms with Crippen molar-refractivity contribution < 1.29 is 9.59 Å². The van der Waals surface area contributed by atoms with E-state index >= 15 is 0 Å². The van der Waals surface area contributed by atoms with Gasteiger partial charge in [-0.05, 0) is 37.5 Å². The molecule has 1 aliphatic carbocycles. The van der Waals surface area contributed by atoms with E-state index < -0.39 is 0 Å².